The van der Waals surface area contributed by atoms with E-state index in [1.54, 1.807) is 11.3 Å². The van der Waals surface area contributed by atoms with Gasteiger partial charge in [0.15, 0.2) is 0 Å². The highest BCUT2D eigenvalue weighted by molar-refractivity contribution is 7.12. The van der Waals surface area contributed by atoms with Gasteiger partial charge in [-0.3, -0.25) is 5.32 Å². The Balaban J connectivity index is 2.85. The topological polar surface area (TPSA) is 35.8 Å². The molecule has 0 saturated carbocycles. The minimum absolute atomic E-state index is 0.134. The van der Waals surface area contributed by atoms with Gasteiger partial charge in [-0.15, -0.1) is 17.8 Å². The first-order chi connectivity index (χ1) is 7.49. The molecule has 1 heterocycles. The van der Waals surface area contributed by atoms with Crippen molar-refractivity contribution in [3.05, 3.63) is 21.9 Å². The van der Waals surface area contributed by atoms with Gasteiger partial charge in [0.05, 0.1) is 12.6 Å². The van der Waals surface area contributed by atoms with Crippen molar-refractivity contribution in [2.24, 2.45) is 0 Å². The van der Waals surface area contributed by atoms with Gasteiger partial charge in [0.25, 0.3) is 0 Å². The summed E-state index contributed by atoms with van der Waals surface area (Å²) in [4.78, 5) is 2.31. The first kappa shape index (κ1) is 12.8. The summed E-state index contributed by atoms with van der Waals surface area (Å²) in [6, 6.07) is 6.02. The van der Waals surface area contributed by atoms with Crippen LogP contribution in [0.25, 0.3) is 0 Å². The van der Waals surface area contributed by atoms with E-state index < -0.39 is 0 Å². The van der Waals surface area contributed by atoms with Gasteiger partial charge >= 0.3 is 0 Å². The highest BCUT2D eigenvalue weighted by Crippen LogP contribution is 2.32. The summed E-state index contributed by atoms with van der Waals surface area (Å²) < 4.78 is 0. The highest BCUT2D eigenvalue weighted by Gasteiger charge is 2.19. The van der Waals surface area contributed by atoms with E-state index in [2.05, 4.69) is 44.1 Å². The molecule has 0 aliphatic heterocycles. The van der Waals surface area contributed by atoms with Gasteiger partial charge in [0.2, 0.25) is 0 Å². The number of nitriles is 1. The van der Waals surface area contributed by atoms with Crippen molar-refractivity contribution in [2.75, 3.05) is 6.54 Å². The van der Waals surface area contributed by atoms with Gasteiger partial charge in [0.1, 0.15) is 6.04 Å². The Morgan fingerprint density at radius 3 is 2.62 bits per heavy atom. The molecule has 16 heavy (non-hydrogen) atoms. The summed E-state index contributed by atoms with van der Waals surface area (Å²) in [5.74, 6) is 2.48. The van der Waals surface area contributed by atoms with Crippen molar-refractivity contribution >= 4 is 11.3 Å². The smallest absolute Gasteiger partial charge is 0.131 e. The predicted octanol–water partition coefficient (Wildman–Crippen LogP) is 2.83. The lowest BCUT2D eigenvalue weighted by Crippen LogP contribution is -2.19. The van der Waals surface area contributed by atoms with Crippen LogP contribution in [0.3, 0.4) is 0 Å². The molecular formula is C13H16N2S. The van der Waals surface area contributed by atoms with Crippen molar-refractivity contribution in [3.8, 4) is 18.4 Å². The normalized spacial score (nSPS) is 12.8. The maximum absolute atomic E-state index is 9.04. The first-order valence-corrected chi connectivity index (χ1v) is 5.97. The molecule has 0 aliphatic carbocycles. The number of terminal acetylenes is 1. The van der Waals surface area contributed by atoms with E-state index in [0.29, 0.717) is 6.54 Å². The van der Waals surface area contributed by atoms with Crippen LogP contribution in [0, 0.1) is 23.7 Å². The zero-order valence-corrected chi connectivity index (χ0v) is 10.7. The van der Waals surface area contributed by atoms with E-state index in [0.717, 1.165) is 4.88 Å². The summed E-state index contributed by atoms with van der Waals surface area (Å²) in [6.45, 7) is 6.91. The number of hydrogen-bond donors (Lipinski definition) is 1. The number of nitrogens with one attached hydrogen (secondary N) is 1. The Labute approximate surface area is 101 Å². The third kappa shape index (κ3) is 3.10. The summed E-state index contributed by atoms with van der Waals surface area (Å²) in [5, 5.41) is 12.1. The molecule has 1 rings (SSSR count). The standard InChI is InChI=1S/C13H16N2S/c1-5-8-15-10(9-14)11-6-7-12(16-11)13(2,3)4/h1,6-7,10,15H,8H2,2-4H3. The largest absolute Gasteiger partial charge is 0.287 e. The lowest BCUT2D eigenvalue weighted by molar-refractivity contribution is 0.604. The number of rotatable bonds is 3. The molecule has 3 heteroatoms. The van der Waals surface area contributed by atoms with E-state index in [9.17, 15) is 0 Å². The molecule has 2 nitrogen and oxygen atoms in total. The molecule has 1 unspecified atom stereocenters. The van der Waals surface area contributed by atoms with Crippen LogP contribution < -0.4 is 5.32 Å². The van der Waals surface area contributed by atoms with Crippen molar-refractivity contribution in [1.82, 2.24) is 5.32 Å². The number of hydrogen-bond acceptors (Lipinski definition) is 3. The molecule has 0 fully saturated rings. The van der Waals surface area contributed by atoms with Crippen LogP contribution in [0.5, 0.6) is 0 Å². The molecule has 84 valence electrons. The molecule has 0 aromatic carbocycles. The van der Waals surface area contributed by atoms with Crippen LogP contribution in [0.4, 0.5) is 0 Å². The Morgan fingerprint density at radius 1 is 1.50 bits per heavy atom. The fourth-order valence-corrected chi connectivity index (χ4v) is 2.37. The predicted molar refractivity (Wildman–Crippen MR) is 68.2 cm³/mol. The molecule has 1 aromatic rings. The van der Waals surface area contributed by atoms with Crippen molar-refractivity contribution in [1.29, 1.82) is 5.26 Å². The molecule has 0 saturated heterocycles. The monoisotopic (exact) mass is 232 g/mol. The Morgan fingerprint density at radius 2 is 2.19 bits per heavy atom. The maximum atomic E-state index is 9.04. The van der Waals surface area contributed by atoms with Crippen molar-refractivity contribution in [2.45, 2.75) is 32.2 Å². The molecule has 0 amide bonds. The highest BCUT2D eigenvalue weighted by atomic mass is 32.1. The maximum Gasteiger partial charge on any atom is 0.131 e. The van der Waals surface area contributed by atoms with Crippen LogP contribution in [0.2, 0.25) is 0 Å². The minimum Gasteiger partial charge on any atom is -0.287 e. The van der Waals surface area contributed by atoms with E-state index in [4.69, 9.17) is 11.7 Å². The fraction of sp³-hybridized carbons (Fsp3) is 0.462. The second kappa shape index (κ2) is 5.16. The average molecular weight is 232 g/mol. The Hall–Kier alpha value is -1.29. The van der Waals surface area contributed by atoms with Crippen LogP contribution in [-0.4, -0.2) is 6.54 Å². The quantitative estimate of drug-likeness (QED) is 0.813. The molecule has 0 radical (unpaired) electrons. The van der Waals surface area contributed by atoms with Gasteiger partial charge in [-0.05, 0) is 17.5 Å². The van der Waals surface area contributed by atoms with Gasteiger partial charge < -0.3 is 0 Å². The summed E-state index contributed by atoms with van der Waals surface area (Å²) >= 11 is 1.67. The molecule has 0 bridgehead atoms. The Kier molecular flexibility index (Phi) is 4.12. The fourth-order valence-electron chi connectivity index (χ4n) is 1.28. The summed E-state index contributed by atoms with van der Waals surface area (Å²) in [7, 11) is 0. The number of nitrogens with zero attached hydrogens (tertiary/aromatic N) is 1. The summed E-state index contributed by atoms with van der Waals surface area (Å²) in [6.07, 6.45) is 5.17. The second-order valence-electron chi connectivity index (χ2n) is 4.60. The van der Waals surface area contributed by atoms with Gasteiger partial charge in [-0.25, -0.2) is 0 Å². The van der Waals surface area contributed by atoms with Crippen LogP contribution in [0.1, 0.15) is 36.6 Å². The van der Waals surface area contributed by atoms with Crippen molar-refractivity contribution < 1.29 is 0 Å². The van der Waals surface area contributed by atoms with E-state index in [1.807, 2.05) is 6.07 Å². The van der Waals surface area contributed by atoms with Crippen LogP contribution in [0.15, 0.2) is 12.1 Å². The van der Waals surface area contributed by atoms with Gasteiger partial charge in [-0.1, -0.05) is 26.7 Å². The third-order valence-electron chi connectivity index (χ3n) is 2.19. The Bertz CT molecular complexity index is 426. The summed E-state index contributed by atoms with van der Waals surface area (Å²) in [5.41, 5.74) is 0.134. The van der Waals surface area contributed by atoms with Crippen LogP contribution in [-0.2, 0) is 5.41 Å². The van der Waals surface area contributed by atoms with Crippen LogP contribution >= 0.6 is 11.3 Å². The van der Waals surface area contributed by atoms with Gasteiger partial charge in [-0.2, -0.15) is 5.26 Å². The molecule has 0 spiro atoms. The van der Waals surface area contributed by atoms with E-state index >= 15 is 0 Å². The SMILES string of the molecule is C#CCNC(C#N)c1ccc(C(C)(C)C)s1. The second-order valence-corrected chi connectivity index (χ2v) is 5.71. The van der Waals surface area contributed by atoms with Crippen molar-refractivity contribution in [3.63, 3.8) is 0 Å². The average Bonchev–Trinajstić information content (AvgIpc) is 2.68. The first-order valence-electron chi connectivity index (χ1n) is 5.15. The number of thiophene rings is 1. The lowest BCUT2D eigenvalue weighted by Gasteiger charge is -2.15. The van der Waals surface area contributed by atoms with E-state index in [1.165, 1.54) is 4.88 Å². The van der Waals surface area contributed by atoms with Gasteiger partial charge in [0, 0.05) is 9.75 Å². The molecule has 1 N–H and O–H groups in total. The van der Waals surface area contributed by atoms with E-state index in [-0.39, 0.29) is 11.5 Å². The molecular weight excluding hydrogens is 216 g/mol. The zero-order valence-electron chi connectivity index (χ0n) is 9.87. The third-order valence-corrected chi connectivity index (χ3v) is 3.76. The zero-order chi connectivity index (χ0) is 12.2. The molecule has 1 atom stereocenters. The molecule has 1 aromatic heterocycles. The molecule has 0 aliphatic rings. The minimum atomic E-state index is -0.294. The lowest BCUT2D eigenvalue weighted by atomic mass is 9.95.